The molecule has 0 aliphatic rings. The number of carbonyl (C=O) groups is 1. The van der Waals surface area contributed by atoms with Crippen molar-refractivity contribution in [3.8, 4) is 0 Å². The number of hydrogen-bond acceptors (Lipinski definition) is 5. The molecule has 0 unspecified atom stereocenters. The van der Waals surface area contributed by atoms with E-state index in [0.29, 0.717) is 10.6 Å². The Bertz CT molecular complexity index is 295. The molecule has 1 aromatic heterocycles. The predicted molar refractivity (Wildman–Crippen MR) is 46.0 cm³/mol. The molecule has 0 saturated carbocycles. The maximum Gasteiger partial charge on any atom is 0.341 e. The van der Waals surface area contributed by atoms with Crippen LogP contribution in [0.2, 0.25) is 0 Å². The van der Waals surface area contributed by atoms with E-state index in [2.05, 4.69) is 4.74 Å². The highest BCUT2D eigenvalue weighted by Gasteiger charge is 2.16. The number of aliphatic hydroxyl groups is 1. The monoisotopic (exact) mass is 187 g/mol. The molecule has 0 aliphatic carbocycles. The summed E-state index contributed by atoms with van der Waals surface area (Å²) in [6.45, 7) is -0.196. The average molecular weight is 187 g/mol. The summed E-state index contributed by atoms with van der Waals surface area (Å²) < 4.78 is 4.49. The van der Waals surface area contributed by atoms with Gasteiger partial charge in [-0.1, -0.05) is 0 Å². The molecule has 5 heteroatoms. The van der Waals surface area contributed by atoms with E-state index in [0.717, 1.165) is 0 Å². The zero-order chi connectivity index (χ0) is 9.14. The predicted octanol–water partition coefficient (Wildman–Crippen LogP) is 0.609. The topological polar surface area (TPSA) is 72.5 Å². The Morgan fingerprint density at radius 1 is 1.83 bits per heavy atom. The van der Waals surface area contributed by atoms with Crippen LogP contribution in [0.4, 0.5) is 5.00 Å². The molecule has 0 fully saturated rings. The summed E-state index contributed by atoms with van der Waals surface area (Å²) in [5.41, 5.74) is 6.30. The molecule has 3 N–H and O–H groups in total. The highest BCUT2D eigenvalue weighted by molar-refractivity contribution is 7.14. The van der Waals surface area contributed by atoms with Crippen LogP contribution in [-0.4, -0.2) is 18.2 Å². The van der Waals surface area contributed by atoms with Crippen LogP contribution in [0.1, 0.15) is 15.9 Å². The zero-order valence-electron chi connectivity index (χ0n) is 6.53. The number of carbonyl (C=O) groups excluding carboxylic acids is 1. The fraction of sp³-hybridized carbons (Fsp3) is 0.286. The van der Waals surface area contributed by atoms with Crippen molar-refractivity contribution >= 4 is 22.3 Å². The molecule has 1 rings (SSSR count). The lowest BCUT2D eigenvalue weighted by molar-refractivity contribution is 0.0599. The first-order valence-electron chi connectivity index (χ1n) is 3.25. The van der Waals surface area contributed by atoms with Crippen LogP contribution in [0.3, 0.4) is 0 Å². The minimum Gasteiger partial charge on any atom is -0.465 e. The van der Waals surface area contributed by atoms with Crippen molar-refractivity contribution in [1.29, 1.82) is 0 Å². The van der Waals surface area contributed by atoms with Gasteiger partial charge in [-0.05, 0) is 5.38 Å². The number of nitrogens with two attached hydrogens (primary N) is 1. The molecular weight excluding hydrogens is 178 g/mol. The van der Waals surface area contributed by atoms with Gasteiger partial charge in [0.1, 0.15) is 5.00 Å². The van der Waals surface area contributed by atoms with E-state index in [1.807, 2.05) is 0 Å². The Kier molecular flexibility index (Phi) is 2.67. The van der Waals surface area contributed by atoms with E-state index >= 15 is 0 Å². The van der Waals surface area contributed by atoms with Crippen LogP contribution in [0.25, 0.3) is 0 Å². The number of hydrogen-bond donors (Lipinski definition) is 2. The van der Waals surface area contributed by atoms with Gasteiger partial charge in [-0.2, -0.15) is 0 Å². The Labute approximate surface area is 73.6 Å². The maximum absolute atomic E-state index is 11.1. The molecular formula is C7H9NO3S. The van der Waals surface area contributed by atoms with Crippen molar-refractivity contribution in [2.45, 2.75) is 6.61 Å². The average Bonchev–Trinajstić information content (AvgIpc) is 2.45. The van der Waals surface area contributed by atoms with Crippen LogP contribution in [-0.2, 0) is 11.3 Å². The number of thiophene rings is 1. The van der Waals surface area contributed by atoms with Crippen LogP contribution in [0.15, 0.2) is 5.38 Å². The van der Waals surface area contributed by atoms with E-state index in [1.54, 1.807) is 5.38 Å². The third-order valence-electron chi connectivity index (χ3n) is 1.46. The third-order valence-corrected chi connectivity index (χ3v) is 2.32. The summed E-state index contributed by atoms with van der Waals surface area (Å²) in [7, 11) is 1.28. The number of methoxy groups -OCH3 is 1. The quantitative estimate of drug-likeness (QED) is 0.665. The van der Waals surface area contributed by atoms with E-state index in [-0.39, 0.29) is 12.2 Å². The first-order chi connectivity index (χ1) is 5.70. The molecule has 0 saturated heterocycles. The minimum atomic E-state index is -0.502. The Hall–Kier alpha value is -1.07. The lowest BCUT2D eigenvalue weighted by Crippen LogP contribution is -2.05. The molecule has 1 heterocycles. The van der Waals surface area contributed by atoms with Gasteiger partial charge in [-0.25, -0.2) is 4.79 Å². The van der Waals surface area contributed by atoms with Gasteiger partial charge in [0, 0.05) is 5.56 Å². The first kappa shape index (κ1) is 9.02. The normalized spacial score (nSPS) is 9.83. The molecule has 0 spiro atoms. The van der Waals surface area contributed by atoms with E-state index < -0.39 is 5.97 Å². The van der Waals surface area contributed by atoms with Gasteiger partial charge in [0.2, 0.25) is 0 Å². The number of nitrogen functional groups attached to an aromatic ring is 1. The smallest absolute Gasteiger partial charge is 0.341 e. The van der Waals surface area contributed by atoms with Gasteiger partial charge in [0.05, 0.1) is 19.3 Å². The Balaban J connectivity index is 3.10. The van der Waals surface area contributed by atoms with Crippen molar-refractivity contribution in [3.05, 3.63) is 16.5 Å². The lowest BCUT2D eigenvalue weighted by atomic mass is 10.2. The summed E-state index contributed by atoms with van der Waals surface area (Å²) in [6, 6.07) is 0. The molecule has 66 valence electrons. The molecule has 4 nitrogen and oxygen atoms in total. The summed E-state index contributed by atoms with van der Waals surface area (Å²) >= 11 is 1.22. The van der Waals surface area contributed by atoms with Crippen molar-refractivity contribution in [2.24, 2.45) is 0 Å². The molecule has 0 aliphatic heterocycles. The third kappa shape index (κ3) is 1.41. The number of rotatable bonds is 2. The van der Waals surface area contributed by atoms with Gasteiger partial charge < -0.3 is 15.6 Å². The lowest BCUT2D eigenvalue weighted by Gasteiger charge is -1.99. The number of aliphatic hydroxyl groups excluding tert-OH is 1. The van der Waals surface area contributed by atoms with Crippen LogP contribution >= 0.6 is 11.3 Å². The summed E-state index contributed by atoms with van der Waals surface area (Å²) in [5.74, 6) is -0.502. The number of anilines is 1. The van der Waals surface area contributed by atoms with Gasteiger partial charge >= 0.3 is 5.97 Å². The van der Waals surface area contributed by atoms with Crippen molar-refractivity contribution < 1.29 is 14.6 Å². The summed E-state index contributed by atoms with van der Waals surface area (Å²) in [6.07, 6.45) is 0. The fourth-order valence-electron chi connectivity index (χ4n) is 0.861. The largest absolute Gasteiger partial charge is 0.465 e. The summed E-state index contributed by atoms with van der Waals surface area (Å²) in [5, 5.41) is 10.8. The minimum absolute atomic E-state index is 0.196. The van der Waals surface area contributed by atoms with E-state index in [9.17, 15) is 4.79 Å². The Morgan fingerprint density at radius 3 is 3.00 bits per heavy atom. The summed E-state index contributed by atoms with van der Waals surface area (Å²) in [4.78, 5) is 11.1. The molecule has 1 aromatic rings. The first-order valence-corrected chi connectivity index (χ1v) is 4.13. The van der Waals surface area contributed by atoms with Gasteiger partial charge in [0.25, 0.3) is 0 Å². The second kappa shape index (κ2) is 3.55. The van der Waals surface area contributed by atoms with E-state index in [1.165, 1.54) is 18.4 Å². The highest BCUT2D eigenvalue weighted by Crippen LogP contribution is 2.25. The van der Waals surface area contributed by atoms with Gasteiger partial charge in [-0.15, -0.1) is 11.3 Å². The Morgan fingerprint density at radius 2 is 2.50 bits per heavy atom. The number of ether oxygens (including phenoxy) is 1. The molecule has 12 heavy (non-hydrogen) atoms. The van der Waals surface area contributed by atoms with Gasteiger partial charge in [-0.3, -0.25) is 0 Å². The van der Waals surface area contributed by atoms with Crippen molar-refractivity contribution in [1.82, 2.24) is 0 Å². The molecule has 0 bridgehead atoms. The zero-order valence-corrected chi connectivity index (χ0v) is 7.35. The van der Waals surface area contributed by atoms with Crippen LogP contribution in [0, 0.1) is 0 Å². The van der Waals surface area contributed by atoms with Crippen LogP contribution in [0.5, 0.6) is 0 Å². The van der Waals surface area contributed by atoms with Gasteiger partial charge in [0.15, 0.2) is 0 Å². The number of esters is 1. The van der Waals surface area contributed by atoms with Crippen LogP contribution < -0.4 is 5.73 Å². The van der Waals surface area contributed by atoms with E-state index in [4.69, 9.17) is 10.8 Å². The molecule has 0 aromatic carbocycles. The molecule has 0 radical (unpaired) electrons. The maximum atomic E-state index is 11.1. The molecule has 0 atom stereocenters. The SMILES string of the molecule is COC(=O)c1c(CO)csc1N. The van der Waals surface area contributed by atoms with Crippen molar-refractivity contribution in [2.75, 3.05) is 12.8 Å². The second-order valence-corrected chi connectivity index (χ2v) is 3.06. The second-order valence-electron chi connectivity index (χ2n) is 2.15. The molecule has 0 amide bonds. The standard InChI is InChI=1S/C7H9NO3S/c1-11-7(10)5-4(2-9)3-12-6(5)8/h3,9H,2,8H2,1H3. The highest BCUT2D eigenvalue weighted by atomic mass is 32.1. The fourth-order valence-corrected chi connectivity index (χ4v) is 1.65. The van der Waals surface area contributed by atoms with Crippen molar-refractivity contribution in [3.63, 3.8) is 0 Å².